The lowest BCUT2D eigenvalue weighted by Crippen LogP contribution is -2.39. The molecule has 0 amide bonds. The van der Waals surface area contributed by atoms with E-state index < -0.39 is 0 Å². The van der Waals surface area contributed by atoms with Gasteiger partial charge in [-0.15, -0.1) is 0 Å². The van der Waals surface area contributed by atoms with Crippen LogP contribution >= 0.6 is 0 Å². The molecule has 5 heterocycles. The van der Waals surface area contributed by atoms with Crippen LogP contribution in [0.25, 0.3) is 22.4 Å². The molecule has 2 N–H and O–H groups in total. The molecule has 52 heavy (non-hydrogen) atoms. The van der Waals surface area contributed by atoms with Crippen molar-refractivity contribution in [2.75, 3.05) is 4.90 Å². The monoisotopic (exact) mass is 677 g/mol. The Bertz CT molecular complexity index is 2260. The number of fused-ring (bicyclic) bond motifs is 4. The highest BCUT2D eigenvalue weighted by Crippen LogP contribution is 2.52. The molecule has 0 saturated carbocycles. The predicted octanol–water partition coefficient (Wildman–Crippen LogP) is 9.15. The number of hydrogen-bond acceptors (Lipinski definition) is 6. The largest absolute Gasteiger partial charge is 0.469 e. The minimum atomic E-state index is -0.128. The van der Waals surface area contributed by atoms with Crippen LogP contribution in [0.4, 0.5) is 5.69 Å². The lowest BCUT2D eigenvalue weighted by Gasteiger charge is -2.35. The maximum atomic E-state index is 6.81. The first-order valence-corrected chi connectivity index (χ1v) is 18.3. The molecule has 10 rings (SSSR count). The average Bonchev–Trinajstić information content (AvgIpc) is 3.82. The summed E-state index contributed by atoms with van der Waals surface area (Å²) in [5.74, 6) is 1.79. The number of nitrogens with one attached hydrogen (secondary N) is 2. The Morgan fingerprint density at radius 2 is 1.38 bits per heavy atom. The molecule has 6 heteroatoms. The smallest absolute Gasteiger partial charge is 0.195 e. The third-order valence-electron chi connectivity index (χ3n) is 11.3. The topological polar surface area (TPSA) is 62.3 Å². The van der Waals surface area contributed by atoms with E-state index in [0.29, 0.717) is 12.0 Å². The van der Waals surface area contributed by atoms with Gasteiger partial charge >= 0.3 is 0 Å². The number of anilines is 1. The Balaban J connectivity index is 0.983. The number of benzene rings is 3. The summed E-state index contributed by atoms with van der Waals surface area (Å²) in [6.07, 6.45) is 23.2. The van der Waals surface area contributed by atoms with Crippen LogP contribution in [0.5, 0.6) is 0 Å². The van der Waals surface area contributed by atoms with E-state index in [1.165, 1.54) is 39.2 Å². The Morgan fingerprint density at radius 1 is 0.673 bits per heavy atom. The molecule has 0 spiro atoms. The normalized spacial score (nSPS) is 25.6. The van der Waals surface area contributed by atoms with Crippen LogP contribution in [0.15, 0.2) is 176 Å². The van der Waals surface area contributed by atoms with Crippen molar-refractivity contribution < 1.29 is 4.74 Å². The SMILES string of the molecule is C1=CC2C3C4=C(CCC3N(c3cccc(C5C=C(c6ccc(-c7ccncc7)cc6)C=C(c6ccncc6)N5)c3)C2C=C1)NC(c1ccccc1)O4. The van der Waals surface area contributed by atoms with Crippen molar-refractivity contribution in [1.29, 1.82) is 0 Å². The van der Waals surface area contributed by atoms with Gasteiger partial charge in [0.1, 0.15) is 5.76 Å². The van der Waals surface area contributed by atoms with Crippen molar-refractivity contribution in [2.45, 2.75) is 37.2 Å². The van der Waals surface area contributed by atoms with Crippen LogP contribution in [0, 0.1) is 11.8 Å². The quantitative estimate of drug-likeness (QED) is 0.187. The van der Waals surface area contributed by atoms with E-state index in [-0.39, 0.29) is 24.2 Å². The fraction of sp³-hybridized carbons (Fsp3) is 0.174. The maximum absolute atomic E-state index is 6.81. The summed E-state index contributed by atoms with van der Waals surface area (Å²) >= 11 is 0. The fourth-order valence-corrected chi connectivity index (χ4v) is 8.88. The Morgan fingerprint density at radius 3 is 2.19 bits per heavy atom. The zero-order valence-corrected chi connectivity index (χ0v) is 28.7. The van der Waals surface area contributed by atoms with Gasteiger partial charge in [-0.1, -0.05) is 91.0 Å². The molecule has 5 aromatic rings. The van der Waals surface area contributed by atoms with Crippen molar-refractivity contribution in [1.82, 2.24) is 20.6 Å². The molecule has 1 fully saturated rings. The summed E-state index contributed by atoms with van der Waals surface area (Å²) in [6, 6.07) is 37.4. The highest BCUT2D eigenvalue weighted by atomic mass is 16.5. The summed E-state index contributed by atoms with van der Waals surface area (Å²) in [4.78, 5) is 11.2. The molecule has 2 aromatic heterocycles. The van der Waals surface area contributed by atoms with Gasteiger partial charge in [-0.2, -0.15) is 0 Å². The van der Waals surface area contributed by atoms with E-state index >= 15 is 0 Å². The van der Waals surface area contributed by atoms with Gasteiger partial charge in [-0.3, -0.25) is 9.97 Å². The van der Waals surface area contributed by atoms with Crippen LogP contribution in [0.1, 0.15) is 47.4 Å². The molecule has 6 unspecified atom stereocenters. The molecule has 6 nitrogen and oxygen atoms in total. The number of pyridine rings is 2. The second kappa shape index (κ2) is 12.9. The second-order valence-electron chi connectivity index (χ2n) is 14.2. The minimum Gasteiger partial charge on any atom is -0.469 e. The zero-order valence-electron chi connectivity index (χ0n) is 28.7. The van der Waals surface area contributed by atoms with Gasteiger partial charge in [0.2, 0.25) is 0 Å². The van der Waals surface area contributed by atoms with Gasteiger partial charge < -0.3 is 20.3 Å². The van der Waals surface area contributed by atoms with Gasteiger partial charge in [0, 0.05) is 65.2 Å². The van der Waals surface area contributed by atoms with Gasteiger partial charge in [0.05, 0.1) is 17.8 Å². The number of nitrogens with zero attached hydrogens (tertiary/aromatic N) is 3. The first kappa shape index (κ1) is 30.7. The number of allylic oxidation sites excluding steroid dienone is 5. The van der Waals surface area contributed by atoms with Crippen LogP contribution in [0.2, 0.25) is 0 Å². The van der Waals surface area contributed by atoms with E-state index in [0.717, 1.165) is 35.4 Å². The number of dihydropyridines is 1. The van der Waals surface area contributed by atoms with Gasteiger partial charge in [-0.25, -0.2) is 0 Å². The highest BCUT2D eigenvalue weighted by Gasteiger charge is 2.53. The molecule has 2 aliphatic carbocycles. The van der Waals surface area contributed by atoms with Crippen LogP contribution in [0.3, 0.4) is 0 Å². The molecule has 1 saturated heterocycles. The molecule has 3 aliphatic heterocycles. The van der Waals surface area contributed by atoms with E-state index in [9.17, 15) is 0 Å². The second-order valence-corrected chi connectivity index (χ2v) is 14.2. The molecular formula is C46H39N5O. The first-order chi connectivity index (χ1) is 25.8. The molecule has 6 atom stereocenters. The van der Waals surface area contributed by atoms with E-state index in [2.05, 4.69) is 165 Å². The Hall–Kier alpha value is -6.14. The number of hydrogen-bond donors (Lipinski definition) is 2. The van der Waals surface area contributed by atoms with E-state index in [4.69, 9.17) is 4.74 Å². The summed E-state index contributed by atoms with van der Waals surface area (Å²) in [6.45, 7) is 0. The molecule has 0 radical (unpaired) electrons. The maximum Gasteiger partial charge on any atom is 0.195 e. The Labute approximate surface area is 304 Å². The molecule has 0 bridgehead atoms. The third-order valence-corrected chi connectivity index (χ3v) is 11.3. The molecule has 5 aliphatic rings. The van der Waals surface area contributed by atoms with Crippen LogP contribution in [-0.4, -0.2) is 22.1 Å². The van der Waals surface area contributed by atoms with Crippen LogP contribution in [-0.2, 0) is 4.74 Å². The molecule has 254 valence electrons. The highest BCUT2D eigenvalue weighted by molar-refractivity contribution is 5.86. The van der Waals surface area contributed by atoms with Crippen molar-refractivity contribution in [2.24, 2.45) is 11.8 Å². The van der Waals surface area contributed by atoms with Gasteiger partial charge in [-0.05, 0) is 89.2 Å². The third kappa shape index (κ3) is 5.43. The van der Waals surface area contributed by atoms with Crippen molar-refractivity contribution >= 4 is 17.0 Å². The molecule has 3 aromatic carbocycles. The summed E-state index contributed by atoms with van der Waals surface area (Å²) in [5.41, 5.74) is 11.9. The van der Waals surface area contributed by atoms with E-state index in [1.807, 2.05) is 24.8 Å². The first-order valence-electron chi connectivity index (χ1n) is 18.3. The predicted molar refractivity (Wildman–Crippen MR) is 207 cm³/mol. The number of rotatable bonds is 6. The van der Waals surface area contributed by atoms with Gasteiger partial charge in [0.15, 0.2) is 6.23 Å². The minimum absolute atomic E-state index is 0.0198. The lowest BCUT2D eigenvalue weighted by molar-refractivity contribution is 0.0989. The number of ether oxygens (including phenoxy) is 1. The van der Waals surface area contributed by atoms with Gasteiger partial charge in [0.25, 0.3) is 0 Å². The zero-order chi connectivity index (χ0) is 34.4. The van der Waals surface area contributed by atoms with Crippen LogP contribution < -0.4 is 15.5 Å². The molecular weight excluding hydrogens is 639 g/mol. The summed E-state index contributed by atoms with van der Waals surface area (Å²) in [7, 11) is 0. The van der Waals surface area contributed by atoms with Crippen molar-refractivity contribution in [3.05, 3.63) is 198 Å². The Kier molecular flexibility index (Phi) is 7.59. The summed E-state index contributed by atoms with van der Waals surface area (Å²) in [5, 5.41) is 7.62. The van der Waals surface area contributed by atoms with E-state index in [1.54, 1.807) is 0 Å². The standard InChI is InChI=1S/C46H39N5O/c1-2-7-34(8-3-1)46-50-39-17-18-43-44(45(39)52-46)38-11-4-5-12-42(38)51(43)37-10-6-9-35(27-37)41-29-36(28-40(49-41)33-21-25-48-26-22-33)31-15-13-30(14-16-31)32-19-23-47-24-20-32/h1-16,19-29,38,41-44,46,49-50H,17-18H2. The fourth-order valence-electron chi connectivity index (χ4n) is 8.88. The summed E-state index contributed by atoms with van der Waals surface area (Å²) < 4.78 is 6.81. The average molecular weight is 678 g/mol. The van der Waals surface area contributed by atoms with Crippen molar-refractivity contribution in [3.8, 4) is 11.1 Å². The lowest BCUT2D eigenvalue weighted by atomic mass is 9.79. The van der Waals surface area contributed by atoms with Crippen molar-refractivity contribution in [3.63, 3.8) is 0 Å². The number of aromatic nitrogens is 2.